The zero-order valence-corrected chi connectivity index (χ0v) is 22.2. The summed E-state index contributed by atoms with van der Waals surface area (Å²) in [4.78, 5) is 12.0. The van der Waals surface area contributed by atoms with E-state index in [1.54, 1.807) is 18.2 Å². The number of ether oxygens (including phenoxy) is 2. The number of aromatic carboxylic acids is 1. The molecule has 0 amide bonds. The van der Waals surface area contributed by atoms with Crippen molar-refractivity contribution in [3.05, 3.63) is 144 Å². The van der Waals surface area contributed by atoms with Crippen molar-refractivity contribution in [2.75, 3.05) is 0 Å². The number of carboxylic acid groups (broad SMARTS) is 1. The van der Waals surface area contributed by atoms with Crippen LogP contribution in [0.2, 0.25) is 0 Å². The van der Waals surface area contributed by atoms with E-state index >= 15 is 0 Å². The van der Waals surface area contributed by atoms with Gasteiger partial charge in [0.15, 0.2) is 0 Å². The van der Waals surface area contributed by atoms with Crippen molar-refractivity contribution in [1.29, 1.82) is 0 Å². The predicted molar refractivity (Wildman–Crippen MR) is 165 cm³/mol. The van der Waals surface area contributed by atoms with Crippen molar-refractivity contribution < 1.29 is 19.4 Å². The Balaban J connectivity index is 1.23. The van der Waals surface area contributed by atoms with Crippen molar-refractivity contribution in [2.24, 2.45) is 0 Å². The summed E-state index contributed by atoms with van der Waals surface area (Å²) in [5.41, 5.74) is 2.23. The first-order valence-electron chi connectivity index (χ1n) is 13.6. The number of carboxylic acids is 1. The standard InChI is InChI=1S/C37H26O4/c38-37(39)28-19-29(40-22-35-31-13-5-1-9-24(31)17-25-10-2-6-14-32(25)35)21-30(20-28)41-23-36-33-15-7-3-11-26(33)18-27-12-4-8-16-34(27)36/h1-21H,22-23H2,(H,38,39). The van der Waals surface area contributed by atoms with Gasteiger partial charge < -0.3 is 14.6 Å². The third-order valence-electron chi connectivity index (χ3n) is 7.66. The summed E-state index contributed by atoms with van der Waals surface area (Å²) in [5.74, 6) is -0.147. The van der Waals surface area contributed by atoms with Gasteiger partial charge in [-0.3, -0.25) is 0 Å². The molecule has 0 aromatic heterocycles. The largest absolute Gasteiger partial charge is 0.489 e. The fourth-order valence-corrected chi connectivity index (χ4v) is 5.70. The van der Waals surface area contributed by atoms with Gasteiger partial charge in [-0.2, -0.15) is 0 Å². The van der Waals surface area contributed by atoms with Crippen molar-refractivity contribution in [1.82, 2.24) is 0 Å². The number of fused-ring (bicyclic) bond motifs is 4. The van der Waals surface area contributed by atoms with E-state index in [9.17, 15) is 9.90 Å². The topological polar surface area (TPSA) is 55.8 Å². The molecule has 0 bridgehead atoms. The van der Waals surface area contributed by atoms with Crippen LogP contribution in [0.25, 0.3) is 43.1 Å². The average molecular weight is 535 g/mol. The van der Waals surface area contributed by atoms with E-state index in [2.05, 4.69) is 60.7 Å². The highest BCUT2D eigenvalue weighted by atomic mass is 16.5. The van der Waals surface area contributed by atoms with Crippen molar-refractivity contribution in [3.63, 3.8) is 0 Å². The fourth-order valence-electron chi connectivity index (χ4n) is 5.70. The van der Waals surface area contributed by atoms with Crippen LogP contribution < -0.4 is 9.47 Å². The molecule has 4 heteroatoms. The van der Waals surface area contributed by atoms with Crippen LogP contribution in [0.15, 0.2) is 127 Å². The Labute approximate surface area is 237 Å². The summed E-state index contributed by atoms with van der Waals surface area (Å²) in [6.07, 6.45) is 0. The van der Waals surface area contributed by atoms with Gasteiger partial charge in [0, 0.05) is 17.2 Å². The summed E-state index contributed by atoms with van der Waals surface area (Å²) in [7, 11) is 0. The first-order chi connectivity index (χ1) is 20.1. The van der Waals surface area contributed by atoms with E-state index in [4.69, 9.17) is 9.47 Å². The summed E-state index contributed by atoms with van der Waals surface area (Å²) < 4.78 is 12.6. The Morgan fingerprint density at radius 2 is 0.829 bits per heavy atom. The monoisotopic (exact) mass is 534 g/mol. The normalized spacial score (nSPS) is 11.3. The molecule has 4 nitrogen and oxygen atoms in total. The zero-order valence-electron chi connectivity index (χ0n) is 22.2. The Bertz CT molecular complexity index is 1840. The molecule has 0 fully saturated rings. The molecule has 0 unspecified atom stereocenters. The third kappa shape index (κ3) is 4.70. The minimum Gasteiger partial charge on any atom is -0.489 e. The molecule has 0 spiro atoms. The summed E-state index contributed by atoms with van der Waals surface area (Å²) >= 11 is 0. The molecule has 0 radical (unpaired) electrons. The molecule has 7 aromatic carbocycles. The van der Waals surface area contributed by atoms with Gasteiger partial charge in [0.05, 0.1) is 5.56 Å². The van der Waals surface area contributed by atoms with Gasteiger partial charge in [-0.1, -0.05) is 97.1 Å². The molecule has 0 atom stereocenters. The second-order valence-electron chi connectivity index (χ2n) is 10.2. The highest BCUT2D eigenvalue weighted by Crippen LogP contribution is 2.33. The molecule has 0 saturated heterocycles. The molecule has 0 saturated carbocycles. The first kappa shape index (κ1) is 24.7. The highest BCUT2D eigenvalue weighted by Gasteiger charge is 2.14. The average Bonchev–Trinajstić information content (AvgIpc) is 3.01. The van der Waals surface area contributed by atoms with Crippen LogP contribution >= 0.6 is 0 Å². The van der Waals surface area contributed by atoms with E-state index in [0.29, 0.717) is 24.7 Å². The minimum atomic E-state index is -1.04. The second kappa shape index (κ2) is 10.3. The molecule has 41 heavy (non-hydrogen) atoms. The Hall–Kier alpha value is -5.35. The van der Waals surface area contributed by atoms with Crippen molar-refractivity contribution >= 4 is 49.1 Å². The quantitative estimate of drug-likeness (QED) is 0.207. The number of rotatable bonds is 7. The molecule has 7 aromatic rings. The lowest BCUT2D eigenvalue weighted by Crippen LogP contribution is -2.03. The zero-order chi connectivity index (χ0) is 27.8. The maximum atomic E-state index is 12.0. The van der Waals surface area contributed by atoms with E-state index in [0.717, 1.165) is 54.2 Å². The molecular formula is C37H26O4. The van der Waals surface area contributed by atoms with Crippen LogP contribution in [-0.2, 0) is 13.2 Å². The van der Waals surface area contributed by atoms with Crippen LogP contribution in [0.4, 0.5) is 0 Å². The van der Waals surface area contributed by atoms with Gasteiger partial charge in [0.1, 0.15) is 24.7 Å². The number of hydrogen-bond acceptors (Lipinski definition) is 3. The van der Waals surface area contributed by atoms with E-state index in [1.807, 2.05) is 48.5 Å². The minimum absolute atomic E-state index is 0.114. The molecule has 7 rings (SSSR count). The SMILES string of the molecule is O=C(O)c1cc(OCc2c3ccccc3cc3ccccc23)cc(OCc2c3ccccc3cc3ccccc23)c1. The van der Waals surface area contributed by atoms with Gasteiger partial charge in [0.25, 0.3) is 0 Å². The van der Waals surface area contributed by atoms with E-state index in [1.165, 1.54) is 0 Å². The summed E-state index contributed by atoms with van der Waals surface area (Å²) in [6, 6.07) is 42.2. The number of carbonyl (C=O) groups is 1. The maximum absolute atomic E-state index is 12.0. The molecule has 0 heterocycles. The Morgan fingerprint density at radius 1 is 0.488 bits per heavy atom. The molecule has 0 aliphatic rings. The first-order valence-corrected chi connectivity index (χ1v) is 13.6. The second-order valence-corrected chi connectivity index (χ2v) is 10.2. The predicted octanol–water partition coefficient (Wildman–Crippen LogP) is 9.16. The van der Waals surface area contributed by atoms with E-state index in [-0.39, 0.29) is 5.56 Å². The molecule has 0 aliphatic carbocycles. The Morgan fingerprint density at radius 3 is 1.17 bits per heavy atom. The lowest BCUT2D eigenvalue weighted by atomic mass is 9.97. The van der Waals surface area contributed by atoms with Gasteiger partial charge in [0.2, 0.25) is 0 Å². The van der Waals surface area contributed by atoms with Gasteiger partial charge >= 0.3 is 5.97 Å². The van der Waals surface area contributed by atoms with Crippen LogP contribution in [-0.4, -0.2) is 11.1 Å². The molecule has 0 aliphatic heterocycles. The van der Waals surface area contributed by atoms with Crippen LogP contribution in [0, 0.1) is 0 Å². The molecular weight excluding hydrogens is 508 g/mol. The lowest BCUT2D eigenvalue weighted by Gasteiger charge is -2.16. The lowest BCUT2D eigenvalue weighted by molar-refractivity contribution is 0.0695. The maximum Gasteiger partial charge on any atom is 0.335 e. The van der Waals surface area contributed by atoms with Gasteiger partial charge in [-0.25, -0.2) is 4.79 Å². The van der Waals surface area contributed by atoms with Crippen LogP contribution in [0.5, 0.6) is 11.5 Å². The van der Waals surface area contributed by atoms with Crippen molar-refractivity contribution in [3.8, 4) is 11.5 Å². The van der Waals surface area contributed by atoms with Crippen molar-refractivity contribution in [2.45, 2.75) is 13.2 Å². The fraction of sp³-hybridized carbons (Fsp3) is 0.0541. The third-order valence-corrected chi connectivity index (χ3v) is 7.66. The smallest absolute Gasteiger partial charge is 0.335 e. The van der Waals surface area contributed by atoms with Crippen LogP contribution in [0.1, 0.15) is 21.5 Å². The van der Waals surface area contributed by atoms with Crippen LogP contribution in [0.3, 0.4) is 0 Å². The highest BCUT2D eigenvalue weighted by molar-refractivity contribution is 6.03. The Kier molecular flexibility index (Phi) is 6.21. The number of benzene rings is 7. The summed E-state index contributed by atoms with van der Waals surface area (Å²) in [6.45, 7) is 0.580. The summed E-state index contributed by atoms with van der Waals surface area (Å²) in [5, 5.41) is 18.8. The van der Waals surface area contributed by atoms with Gasteiger partial charge in [-0.15, -0.1) is 0 Å². The molecule has 1 N–H and O–H groups in total. The number of hydrogen-bond donors (Lipinski definition) is 1. The molecule has 198 valence electrons. The van der Waals surface area contributed by atoms with Gasteiger partial charge in [-0.05, 0) is 67.4 Å². The van der Waals surface area contributed by atoms with E-state index < -0.39 is 5.97 Å².